The third kappa shape index (κ3) is 5.73. The van der Waals surface area contributed by atoms with Crippen molar-refractivity contribution in [3.63, 3.8) is 0 Å². The number of ether oxygens (including phenoxy) is 1. The van der Waals surface area contributed by atoms with E-state index in [2.05, 4.69) is 12.2 Å². The van der Waals surface area contributed by atoms with Crippen LogP contribution in [0.5, 0.6) is 5.75 Å². The molecular formula is C13H21NO2. The van der Waals surface area contributed by atoms with Gasteiger partial charge in [-0.3, -0.25) is 0 Å². The number of rotatable bonds is 8. The van der Waals surface area contributed by atoms with Crippen LogP contribution < -0.4 is 10.1 Å². The van der Waals surface area contributed by atoms with Crippen LogP contribution in [0.4, 0.5) is 0 Å². The van der Waals surface area contributed by atoms with E-state index >= 15 is 0 Å². The van der Waals surface area contributed by atoms with Gasteiger partial charge >= 0.3 is 0 Å². The van der Waals surface area contributed by atoms with Crippen LogP contribution in [-0.2, 0) is 0 Å². The molecule has 0 spiro atoms. The third-order valence-corrected chi connectivity index (χ3v) is 2.27. The first-order valence-electron chi connectivity index (χ1n) is 5.89. The molecule has 2 N–H and O–H groups in total. The number of unbranched alkanes of at least 4 members (excludes halogenated alkanes) is 1. The molecule has 0 heterocycles. The Morgan fingerprint density at radius 2 is 2.06 bits per heavy atom. The van der Waals surface area contributed by atoms with Crippen molar-refractivity contribution >= 4 is 0 Å². The van der Waals surface area contributed by atoms with Gasteiger partial charge in [0.15, 0.2) is 0 Å². The second-order valence-corrected chi connectivity index (χ2v) is 3.84. The minimum absolute atomic E-state index is 0.336. The van der Waals surface area contributed by atoms with E-state index in [-0.39, 0.29) is 0 Å². The number of para-hydroxylation sites is 1. The van der Waals surface area contributed by atoms with E-state index in [1.54, 1.807) is 0 Å². The Hall–Kier alpha value is -1.06. The number of hydrogen-bond acceptors (Lipinski definition) is 3. The lowest BCUT2D eigenvalue weighted by Crippen LogP contribution is -2.31. The molecule has 0 aliphatic rings. The summed E-state index contributed by atoms with van der Waals surface area (Å²) in [5.41, 5.74) is 0. The Kier molecular flexibility index (Phi) is 6.61. The van der Waals surface area contributed by atoms with Crippen molar-refractivity contribution in [1.82, 2.24) is 5.32 Å². The van der Waals surface area contributed by atoms with Crippen molar-refractivity contribution in [2.24, 2.45) is 0 Å². The molecule has 0 aliphatic carbocycles. The maximum absolute atomic E-state index is 9.62. The van der Waals surface area contributed by atoms with Gasteiger partial charge in [0.2, 0.25) is 0 Å². The highest BCUT2D eigenvalue weighted by molar-refractivity contribution is 5.20. The average Bonchev–Trinajstić information content (AvgIpc) is 2.33. The second kappa shape index (κ2) is 8.13. The van der Waals surface area contributed by atoms with Crippen LogP contribution in [0.2, 0.25) is 0 Å². The predicted octanol–water partition coefficient (Wildman–Crippen LogP) is 1.82. The lowest BCUT2D eigenvalue weighted by molar-refractivity contribution is 0.106. The molecule has 1 rings (SSSR count). The Bertz CT molecular complexity index is 264. The van der Waals surface area contributed by atoms with Gasteiger partial charge in [-0.2, -0.15) is 0 Å². The maximum atomic E-state index is 9.62. The topological polar surface area (TPSA) is 41.5 Å². The maximum Gasteiger partial charge on any atom is 0.119 e. The Morgan fingerprint density at radius 3 is 2.75 bits per heavy atom. The summed E-state index contributed by atoms with van der Waals surface area (Å²) in [6.07, 6.45) is 1.87. The lowest BCUT2D eigenvalue weighted by Gasteiger charge is -2.12. The molecule has 0 aliphatic heterocycles. The van der Waals surface area contributed by atoms with Gasteiger partial charge in [-0.15, -0.1) is 0 Å². The molecule has 0 radical (unpaired) electrons. The molecule has 0 unspecified atom stereocenters. The monoisotopic (exact) mass is 223 g/mol. The van der Waals surface area contributed by atoms with Gasteiger partial charge in [0.05, 0.1) is 0 Å². The summed E-state index contributed by atoms with van der Waals surface area (Å²) in [6, 6.07) is 9.55. The summed E-state index contributed by atoms with van der Waals surface area (Å²) < 4.78 is 5.43. The van der Waals surface area contributed by atoms with Gasteiger partial charge in [0.25, 0.3) is 0 Å². The fraction of sp³-hybridized carbons (Fsp3) is 0.538. The van der Waals surface area contributed by atoms with E-state index < -0.39 is 6.10 Å². The van der Waals surface area contributed by atoms with Crippen molar-refractivity contribution in [1.29, 1.82) is 0 Å². The van der Waals surface area contributed by atoms with Gasteiger partial charge in [0, 0.05) is 6.54 Å². The molecule has 1 atom stereocenters. The first-order chi connectivity index (χ1) is 7.83. The van der Waals surface area contributed by atoms with Crippen molar-refractivity contribution < 1.29 is 9.84 Å². The third-order valence-electron chi connectivity index (χ3n) is 2.27. The Labute approximate surface area is 97.4 Å². The predicted molar refractivity (Wildman–Crippen MR) is 65.7 cm³/mol. The van der Waals surface area contributed by atoms with E-state index in [1.165, 1.54) is 6.42 Å². The van der Waals surface area contributed by atoms with E-state index in [0.717, 1.165) is 18.7 Å². The molecule has 1 aromatic carbocycles. The summed E-state index contributed by atoms with van der Waals surface area (Å²) in [6.45, 7) is 4.03. The zero-order valence-corrected chi connectivity index (χ0v) is 9.86. The highest BCUT2D eigenvalue weighted by atomic mass is 16.5. The number of hydrogen-bond donors (Lipinski definition) is 2. The van der Waals surface area contributed by atoms with Crippen LogP contribution in [0.3, 0.4) is 0 Å². The highest BCUT2D eigenvalue weighted by Gasteiger charge is 2.03. The Balaban J connectivity index is 2.08. The summed E-state index contributed by atoms with van der Waals surface area (Å²) >= 11 is 0. The highest BCUT2D eigenvalue weighted by Crippen LogP contribution is 2.08. The molecule has 0 aromatic heterocycles. The van der Waals surface area contributed by atoms with Crippen molar-refractivity contribution in [2.45, 2.75) is 25.9 Å². The van der Waals surface area contributed by atoms with Gasteiger partial charge in [0.1, 0.15) is 18.5 Å². The van der Waals surface area contributed by atoms with Crippen LogP contribution >= 0.6 is 0 Å². The molecule has 16 heavy (non-hydrogen) atoms. The number of aliphatic hydroxyl groups is 1. The smallest absolute Gasteiger partial charge is 0.119 e. The summed E-state index contributed by atoms with van der Waals surface area (Å²) in [5, 5.41) is 12.8. The number of aliphatic hydroxyl groups excluding tert-OH is 1. The minimum atomic E-state index is -0.447. The van der Waals surface area contributed by atoms with E-state index in [9.17, 15) is 5.11 Å². The van der Waals surface area contributed by atoms with Crippen LogP contribution in [0.25, 0.3) is 0 Å². The summed E-state index contributed by atoms with van der Waals surface area (Å²) in [4.78, 5) is 0. The molecule has 0 saturated carbocycles. The van der Waals surface area contributed by atoms with E-state index in [0.29, 0.717) is 13.2 Å². The first kappa shape index (κ1) is 13.0. The zero-order chi connectivity index (χ0) is 11.6. The normalized spacial score (nSPS) is 12.4. The largest absolute Gasteiger partial charge is 0.491 e. The lowest BCUT2D eigenvalue weighted by atomic mass is 10.3. The number of nitrogens with one attached hydrogen (secondary N) is 1. The minimum Gasteiger partial charge on any atom is -0.491 e. The summed E-state index contributed by atoms with van der Waals surface area (Å²) in [5.74, 6) is 0.801. The van der Waals surface area contributed by atoms with Crippen LogP contribution in [0.1, 0.15) is 19.8 Å². The van der Waals surface area contributed by atoms with E-state index in [1.807, 2.05) is 30.3 Å². The molecule has 3 nitrogen and oxygen atoms in total. The average molecular weight is 223 g/mol. The summed E-state index contributed by atoms with van der Waals surface area (Å²) in [7, 11) is 0. The Morgan fingerprint density at radius 1 is 1.31 bits per heavy atom. The zero-order valence-electron chi connectivity index (χ0n) is 9.86. The molecular weight excluding hydrogens is 202 g/mol. The van der Waals surface area contributed by atoms with Crippen LogP contribution in [-0.4, -0.2) is 30.9 Å². The van der Waals surface area contributed by atoms with Crippen molar-refractivity contribution in [3.05, 3.63) is 30.3 Å². The molecule has 0 amide bonds. The van der Waals surface area contributed by atoms with Gasteiger partial charge in [-0.25, -0.2) is 0 Å². The first-order valence-corrected chi connectivity index (χ1v) is 5.89. The number of benzene rings is 1. The standard InChI is InChI=1S/C13H21NO2/c1-2-3-9-14-10-12(15)11-16-13-7-5-4-6-8-13/h4-8,12,14-15H,2-3,9-11H2,1H3/t12-/m1/s1. The fourth-order valence-corrected chi connectivity index (χ4v) is 1.34. The van der Waals surface area contributed by atoms with E-state index in [4.69, 9.17) is 4.74 Å². The molecule has 90 valence electrons. The molecule has 0 fully saturated rings. The van der Waals surface area contributed by atoms with Gasteiger partial charge < -0.3 is 15.2 Å². The molecule has 1 aromatic rings. The molecule has 0 bridgehead atoms. The van der Waals surface area contributed by atoms with Crippen molar-refractivity contribution in [3.8, 4) is 5.75 Å². The van der Waals surface area contributed by atoms with Crippen LogP contribution in [0, 0.1) is 0 Å². The fourth-order valence-electron chi connectivity index (χ4n) is 1.34. The van der Waals surface area contributed by atoms with Gasteiger partial charge in [-0.05, 0) is 25.1 Å². The molecule has 3 heteroatoms. The van der Waals surface area contributed by atoms with Crippen LogP contribution in [0.15, 0.2) is 30.3 Å². The second-order valence-electron chi connectivity index (χ2n) is 3.84. The van der Waals surface area contributed by atoms with Crippen molar-refractivity contribution in [2.75, 3.05) is 19.7 Å². The van der Waals surface area contributed by atoms with Gasteiger partial charge in [-0.1, -0.05) is 31.5 Å². The SMILES string of the molecule is CCCCNC[C@@H](O)COc1ccccc1. The molecule has 0 saturated heterocycles. The quantitative estimate of drug-likeness (QED) is 0.660.